The third-order valence-corrected chi connectivity index (χ3v) is 2.78. The number of rotatable bonds is 5. The highest BCUT2D eigenvalue weighted by Gasteiger charge is 2.14. The first-order chi connectivity index (χ1) is 9.61. The summed E-state index contributed by atoms with van der Waals surface area (Å²) in [7, 11) is 0. The molecular formula is C15H13ClO4. The lowest BCUT2D eigenvalue weighted by molar-refractivity contribution is 0.0694. The van der Waals surface area contributed by atoms with Gasteiger partial charge in [0.2, 0.25) is 0 Å². The molecule has 0 aliphatic heterocycles. The molecule has 0 aliphatic rings. The van der Waals surface area contributed by atoms with Crippen LogP contribution in [-0.2, 0) is 0 Å². The predicted molar refractivity (Wildman–Crippen MR) is 76.1 cm³/mol. The van der Waals surface area contributed by atoms with Gasteiger partial charge in [-0.1, -0.05) is 23.7 Å². The topological polar surface area (TPSA) is 55.8 Å². The third kappa shape index (κ3) is 3.22. The van der Waals surface area contributed by atoms with E-state index in [9.17, 15) is 9.90 Å². The SMILES string of the molecule is CCOc1ccccc1Oc1ccc(Cl)cc1C(=O)O. The Hall–Kier alpha value is -2.20. The lowest BCUT2D eigenvalue weighted by atomic mass is 10.2. The second kappa shape index (κ2) is 6.30. The van der Waals surface area contributed by atoms with Crippen molar-refractivity contribution in [2.75, 3.05) is 6.61 Å². The van der Waals surface area contributed by atoms with Crippen LogP contribution in [0.1, 0.15) is 17.3 Å². The molecule has 0 aromatic heterocycles. The average molecular weight is 293 g/mol. The molecule has 2 aromatic rings. The van der Waals surface area contributed by atoms with Gasteiger partial charge < -0.3 is 14.6 Å². The minimum Gasteiger partial charge on any atom is -0.490 e. The number of para-hydroxylation sites is 2. The standard InChI is InChI=1S/C15H13ClO4/c1-2-19-13-5-3-4-6-14(13)20-12-8-7-10(16)9-11(12)15(17)18/h3-9H,2H2,1H3,(H,17,18). The van der Waals surface area contributed by atoms with Gasteiger partial charge in [0, 0.05) is 5.02 Å². The van der Waals surface area contributed by atoms with E-state index in [0.29, 0.717) is 23.1 Å². The number of halogens is 1. The van der Waals surface area contributed by atoms with Gasteiger partial charge in [0.25, 0.3) is 0 Å². The minimum atomic E-state index is -1.10. The van der Waals surface area contributed by atoms with Crippen molar-refractivity contribution in [1.82, 2.24) is 0 Å². The van der Waals surface area contributed by atoms with Crippen molar-refractivity contribution in [2.24, 2.45) is 0 Å². The maximum atomic E-state index is 11.2. The van der Waals surface area contributed by atoms with Crippen molar-refractivity contribution in [1.29, 1.82) is 0 Å². The number of hydrogen-bond donors (Lipinski definition) is 1. The number of hydrogen-bond acceptors (Lipinski definition) is 3. The van der Waals surface area contributed by atoms with Gasteiger partial charge in [-0.3, -0.25) is 0 Å². The van der Waals surface area contributed by atoms with Gasteiger partial charge in [-0.25, -0.2) is 4.79 Å². The molecule has 4 nitrogen and oxygen atoms in total. The van der Waals surface area contributed by atoms with Gasteiger partial charge >= 0.3 is 5.97 Å². The van der Waals surface area contributed by atoms with Gasteiger partial charge in [0.05, 0.1) is 6.61 Å². The van der Waals surface area contributed by atoms with E-state index in [1.54, 1.807) is 24.3 Å². The van der Waals surface area contributed by atoms with E-state index in [-0.39, 0.29) is 11.3 Å². The summed E-state index contributed by atoms with van der Waals surface area (Å²) in [6.07, 6.45) is 0. The Morgan fingerprint density at radius 1 is 1.15 bits per heavy atom. The summed E-state index contributed by atoms with van der Waals surface area (Å²) in [5.41, 5.74) is 0.00352. The lowest BCUT2D eigenvalue weighted by Crippen LogP contribution is -2.01. The minimum absolute atomic E-state index is 0.00352. The fraction of sp³-hybridized carbons (Fsp3) is 0.133. The molecule has 0 saturated carbocycles. The van der Waals surface area contributed by atoms with Crippen LogP contribution in [0, 0.1) is 0 Å². The molecular weight excluding hydrogens is 280 g/mol. The van der Waals surface area contributed by atoms with Crippen molar-refractivity contribution in [2.45, 2.75) is 6.92 Å². The number of aromatic carboxylic acids is 1. The molecule has 2 rings (SSSR count). The van der Waals surface area contributed by atoms with Crippen LogP contribution in [0.15, 0.2) is 42.5 Å². The van der Waals surface area contributed by atoms with Gasteiger partial charge in [-0.05, 0) is 37.3 Å². The van der Waals surface area contributed by atoms with Crippen molar-refractivity contribution in [3.8, 4) is 17.2 Å². The number of carbonyl (C=O) groups is 1. The molecule has 0 aliphatic carbocycles. The number of carboxylic acid groups (broad SMARTS) is 1. The molecule has 0 amide bonds. The Morgan fingerprint density at radius 2 is 1.85 bits per heavy atom. The van der Waals surface area contributed by atoms with Gasteiger partial charge in [-0.2, -0.15) is 0 Å². The molecule has 0 unspecified atom stereocenters. The lowest BCUT2D eigenvalue weighted by Gasteiger charge is -2.13. The van der Waals surface area contributed by atoms with Gasteiger partial charge in [-0.15, -0.1) is 0 Å². The van der Waals surface area contributed by atoms with E-state index in [2.05, 4.69) is 0 Å². The highest BCUT2D eigenvalue weighted by atomic mass is 35.5. The monoisotopic (exact) mass is 292 g/mol. The summed E-state index contributed by atoms with van der Waals surface area (Å²) >= 11 is 5.80. The van der Waals surface area contributed by atoms with Crippen LogP contribution < -0.4 is 9.47 Å². The summed E-state index contributed by atoms with van der Waals surface area (Å²) in [5.74, 6) is 0.130. The first-order valence-corrected chi connectivity index (χ1v) is 6.42. The second-order valence-electron chi connectivity index (χ2n) is 3.93. The highest BCUT2D eigenvalue weighted by Crippen LogP contribution is 2.33. The Labute approximate surface area is 121 Å². The first kappa shape index (κ1) is 14.2. The van der Waals surface area contributed by atoms with Gasteiger partial charge in [0.1, 0.15) is 11.3 Å². The Balaban J connectivity index is 2.37. The van der Waals surface area contributed by atoms with Crippen molar-refractivity contribution >= 4 is 17.6 Å². The molecule has 20 heavy (non-hydrogen) atoms. The Bertz CT molecular complexity index is 625. The Kier molecular flexibility index (Phi) is 4.48. The fourth-order valence-corrected chi connectivity index (χ4v) is 1.86. The summed E-state index contributed by atoms with van der Waals surface area (Å²) in [6.45, 7) is 2.36. The molecule has 5 heteroatoms. The van der Waals surface area contributed by atoms with Crippen molar-refractivity contribution < 1.29 is 19.4 Å². The number of carboxylic acids is 1. The zero-order valence-corrected chi connectivity index (χ0v) is 11.6. The van der Waals surface area contributed by atoms with Crippen LogP contribution in [0.5, 0.6) is 17.2 Å². The summed E-state index contributed by atoms with van der Waals surface area (Å²) in [5, 5.41) is 9.51. The summed E-state index contributed by atoms with van der Waals surface area (Å²) in [4.78, 5) is 11.2. The molecule has 0 fully saturated rings. The maximum Gasteiger partial charge on any atom is 0.339 e. The zero-order chi connectivity index (χ0) is 14.5. The molecule has 0 radical (unpaired) electrons. The normalized spacial score (nSPS) is 10.1. The fourth-order valence-electron chi connectivity index (χ4n) is 1.69. The first-order valence-electron chi connectivity index (χ1n) is 6.04. The highest BCUT2D eigenvalue weighted by molar-refractivity contribution is 6.31. The molecule has 0 bridgehead atoms. The van der Waals surface area contributed by atoms with Crippen LogP contribution in [0.3, 0.4) is 0 Å². The molecule has 104 valence electrons. The van der Waals surface area contributed by atoms with E-state index < -0.39 is 5.97 Å². The van der Waals surface area contributed by atoms with Crippen LogP contribution in [0.4, 0.5) is 0 Å². The van der Waals surface area contributed by atoms with E-state index in [4.69, 9.17) is 21.1 Å². The van der Waals surface area contributed by atoms with Crippen molar-refractivity contribution in [3.63, 3.8) is 0 Å². The van der Waals surface area contributed by atoms with Crippen molar-refractivity contribution in [3.05, 3.63) is 53.1 Å². The maximum absolute atomic E-state index is 11.2. The summed E-state index contributed by atoms with van der Waals surface area (Å²) < 4.78 is 11.1. The molecule has 0 heterocycles. The van der Waals surface area contributed by atoms with Crippen LogP contribution in [0.25, 0.3) is 0 Å². The number of ether oxygens (including phenoxy) is 2. The molecule has 1 N–H and O–H groups in total. The number of benzene rings is 2. The quantitative estimate of drug-likeness (QED) is 0.896. The van der Waals surface area contributed by atoms with E-state index >= 15 is 0 Å². The van der Waals surface area contributed by atoms with Crippen LogP contribution in [0.2, 0.25) is 5.02 Å². The average Bonchev–Trinajstić information content (AvgIpc) is 2.43. The van der Waals surface area contributed by atoms with E-state index in [1.165, 1.54) is 12.1 Å². The van der Waals surface area contributed by atoms with E-state index in [0.717, 1.165) is 0 Å². The van der Waals surface area contributed by atoms with E-state index in [1.807, 2.05) is 13.0 Å². The Morgan fingerprint density at radius 3 is 2.50 bits per heavy atom. The largest absolute Gasteiger partial charge is 0.490 e. The van der Waals surface area contributed by atoms with Crippen LogP contribution >= 0.6 is 11.6 Å². The smallest absolute Gasteiger partial charge is 0.339 e. The molecule has 0 saturated heterocycles. The van der Waals surface area contributed by atoms with Crippen LogP contribution in [-0.4, -0.2) is 17.7 Å². The third-order valence-electron chi connectivity index (χ3n) is 2.54. The zero-order valence-electron chi connectivity index (χ0n) is 10.8. The predicted octanol–water partition coefficient (Wildman–Crippen LogP) is 4.23. The summed E-state index contributed by atoms with van der Waals surface area (Å²) in [6, 6.07) is 11.5. The molecule has 2 aromatic carbocycles. The van der Waals surface area contributed by atoms with Gasteiger partial charge in [0.15, 0.2) is 11.5 Å². The molecule has 0 spiro atoms. The molecule has 0 atom stereocenters. The second-order valence-corrected chi connectivity index (χ2v) is 4.36.